The van der Waals surface area contributed by atoms with Gasteiger partial charge in [-0.05, 0) is 5.92 Å². The minimum atomic E-state index is -0.177. The molecule has 1 aromatic rings. The average Bonchev–Trinajstić information content (AvgIpc) is 2.66. The molecule has 1 heterocycles. The average molecular weight is 227 g/mol. The van der Waals surface area contributed by atoms with Crippen molar-refractivity contribution < 1.29 is 9.53 Å². The van der Waals surface area contributed by atoms with Crippen LogP contribution in [0.5, 0.6) is 0 Å². The highest BCUT2D eigenvalue weighted by Gasteiger charge is 2.15. The van der Waals surface area contributed by atoms with E-state index >= 15 is 0 Å². The summed E-state index contributed by atoms with van der Waals surface area (Å²) in [5, 5.41) is 3.08. The minimum Gasteiger partial charge on any atom is -0.469 e. The quantitative estimate of drug-likeness (QED) is 0.742. The van der Waals surface area contributed by atoms with E-state index in [1.165, 1.54) is 7.11 Å². The molecular weight excluding hydrogens is 210 g/mol. The molecule has 0 N–H and O–H groups in total. The molecule has 0 bridgehead atoms. The molecule has 4 heteroatoms. The first-order valence-electron chi connectivity index (χ1n) is 5.06. The van der Waals surface area contributed by atoms with Crippen molar-refractivity contribution in [3.05, 3.63) is 16.1 Å². The van der Waals surface area contributed by atoms with E-state index in [0.717, 1.165) is 10.7 Å². The number of carbonyl (C=O) groups excluding carboxylic acids is 1. The molecule has 0 aromatic carbocycles. The molecule has 1 unspecified atom stereocenters. The van der Waals surface area contributed by atoms with Gasteiger partial charge < -0.3 is 4.74 Å². The van der Waals surface area contributed by atoms with Gasteiger partial charge in [-0.15, -0.1) is 11.3 Å². The summed E-state index contributed by atoms with van der Waals surface area (Å²) < 4.78 is 4.63. The predicted octanol–water partition coefficient (Wildman–Crippen LogP) is 2.93. The van der Waals surface area contributed by atoms with Crippen molar-refractivity contribution in [1.82, 2.24) is 4.98 Å². The van der Waals surface area contributed by atoms with Gasteiger partial charge in [0, 0.05) is 11.3 Å². The van der Waals surface area contributed by atoms with Gasteiger partial charge in [0.15, 0.2) is 0 Å². The van der Waals surface area contributed by atoms with E-state index in [4.69, 9.17) is 0 Å². The molecule has 0 aliphatic rings. The Labute approximate surface area is 94.5 Å². The van der Waals surface area contributed by atoms with Crippen LogP contribution < -0.4 is 0 Å². The van der Waals surface area contributed by atoms with Crippen LogP contribution in [0.1, 0.15) is 49.7 Å². The van der Waals surface area contributed by atoms with Gasteiger partial charge in [-0.2, -0.15) is 0 Å². The van der Waals surface area contributed by atoms with Crippen LogP contribution in [-0.2, 0) is 9.53 Å². The first-order valence-corrected chi connectivity index (χ1v) is 5.94. The number of carbonyl (C=O) groups is 1. The van der Waals surface area contributed by atoms with Crippen molar-refractivity contribution in [3.63, 3.8) is 0 Å². The van der Waals surface area contributed by atoms with E-state index in [9.17, 15) is 4.79 Å². The molecule has 1 rings (SSSR count). The SMILES string of the molecule is COC(=O)CC(C)c1nc(C(C)C)cs1. The third-order valence-electron chi connectivity index (χ3n) is 2.25. The van der Waals surface area contributed by atoms with Crippen LogP contribution in [0.15, 0.2) is 5.38 Å². The lowest BCUT2D eigenvalue weighted by atomic mass is 10.1. The van der Waals surface area contributed by atoms with Crippen LogP contribution in [0.2, 0.25) is 0 Å². The minimum absolute atomic E-state index is 0.148. The van der Waals surface area contributed by atoms with Crippen molar-refractivity contribution in [2.24, 2.45) is 0 Å². The normalized spacial score (nSPS) is 12.9. The number of ether oxygens (including phenoxy) is 1. The Bertz CT molecular complexity index is 333. The molecule has 0 spiro atoms. The monoisotopic (exact) mass is 227 g/mol. The van der Waals surface area contributed by atoms with E-state index in [-0.39, 0.29) is 11.9 Å². The van der Waals surface area contributed by atoms with Gasteiger partial charge in [-0.1, -0.05) is 20.8 Å². The van der Waals surface area contributed by atoms with Crippen molar-refractivity contribution in [2.45, 2.75) is 39.0 Å². The van der Waals surface area contributed by atoms with Gasteiger partial charge in [-0.25, -0.2) is 4.98 Å². The van der Waals surface area contributed by atoms with E-state index in [1.54, 1.807) is 11.3 Å². The third-order valence-corrected chi connectivity index (χ3v) is 3.35. The zero-order valence-electron chi connectivity index (χ0n) is 9.61. The van der Waals surface area contributed by atoms with Crippen LogP contribution in [0, 0.1) is 0 Å². The highest BCUT2D eigenvalue weighted by molar-refractivity contribution is 7.09. The van der Waals surface area contributed by atoms with Gasteiger partial charge in [0.25, 0.3) is 0 Å². The summed E-state index contributed by atoms with van der Waals surface area (Å²) in [6.45, 7) is 6.23. The largest absolute Gasteiger partial charge is 0.469 e. The Morgan fingerprint density at radius 2 is 2.20 bits per heavy atom. The number of esters is 1. The third kappa shape index (κ3) is 3.30. The second kappa shape index (κ2) is 5.26. The van der Waals surface area contributed by atoms with Crippen molar-refractivity contribution >= 4 is 17.3 Å². The summed E-state index contributed by atoms with van der Waals surface area (Å²) in [6.07, 6.45) is 0.404. The Balaban J connectivity index is 2.65. The molecule has 1 atom stereocenters. The molecule has 0 fully saturated rings. The summed E-state index contributed by atoms with van der Waals surface area (Å²) in [5.74, 6) is 0.416. The fourth-order valence-electron chi connectivity index (χ4n) is 1.21. The molecule has 0 saturated carbocycles. The number of methoxy groups -OCH3 is 1. The smallest absolute Gasteiger partial charge is 0.306 e. The topological polar surface area (TPSA) is 39.2 Å². The summed E-state index contributed by atoms with van der Waals surface area (Å²) in [7, 11) is 1.41. The maximum absolute atomic E-state index is 11.1. The van der Waals surface area contributed by atoms with E-state index in [1.807, 2.05) is 6.92 Å². The highest BCUT2D eigenvalue weighted by Crippen LogP contribution is 2.26. The number of hydrogen-bond donors (Lipinski definition) is 0. The fraction of sp³-hybridized carbons (Fsp3) is 0.636. The van der Waals surface area contributed by atoms with Crippen LogP contribution in [0.3, 0.4) is 0 Å². The summed E-state index contributed by atoms with van der Waals surface area (Å²) in [4.78, 5) is 15.6. The van der Waals surface area contributed by atoms with Crippen LogP contribution in [-0.4, -0.2) is 18.1 Å². The second-order valence-corrected chi connectivity index (χ2v) is 4.84. The molecule has 3 nitrogen and oxygen atoms in total. The molecule has 0 amide bonds. The van der Waals surface area contributed by atoms with Gasteiger partial charge in [0.1, 0.15) is 0 Å². The number of aromatic nitrogens is 1. The predicted molar refractivity (Wildman–Crippen MR) is 61.3 cm³/mol. The Hall–Kier alpha value is -0.900. The van der Waals surface area contributed by atoms with Crippen molar-refractivity contribution in [3.8, 4) is 0 Å². The molecule has 0 aliphatic carbocycles. The van der Waals surface area contributed by atoms with Crippen molar-refractivity contribution in [1.29, 1.82) is 0 Å². The molecule has 0 radical (unpaired) electrons. The lowest BCUT2D eigenvalue weighted by Crippen LogP contribution is -2.06. The Morgan fingerprint density at radius 1 is 1.53 bits per heavy atom. The summed E-state index contributed by atoms with van der Waals surface area (Å²) in [5.41, 5.74) is 1.10. The lowest BCUT2D eigenvalue weighted by Gasteiger charge is -2.06. The van der Waals surface area contributed by atoms with Gasteiger partial charge in [-0.3, -0.25) is 4.79 Å². The fourth-order valence-corrected chi connectivity index (χ4v) is 2.25. The van der Waals surface area contributed by atoms with E-state index < -0.39 is 0 Å². The first kappa shape index (κ1) is 12.2. The van der Waals surface area contributed by atoms with Crippen LogP contribution in [0.4, 0.5) is 0 Å². The van der Waals surface area contributed by atoms with Gasteiger partial charge in [0.2, 0.25) is 0 Å². The van der Waals surface area contributed by atoms with Gasteiger partial charge >= 0.3 is 5.97 Å². The molecular formula is C11H17NO2S. The number of rotatable bonds is 4. The van der Waals surface area contributed by atoms with Gasteiger partial charge in [0.05, 0.1) is 24.2 Å². The van der Waals surface area contributed by atoms with Crippen LogP contribution >= 0.6 is 11.3 Å². The summed E-state index contributed by atoms with van der Waals surface area (Å²) >= 11 is 1.62. The molecule has 15 heavy (non-hydrogen) atoms. The summed E-state index contributed by atoms with van der Waals surface area (Å²) in [6, 6.07) is 0. The van der Waals surface area contributed by atoms with E-state index in [0.29, 0.717) is 12.3 Å². The Kier molecular flexibility index (Phi) is 4.27. The zero-order valence-corrected chi connectivity index (χ0v) is 10.4. The molecule has 0 aliphatic heterocycles. The number of thiazole rings is 1. The standard InChI is InChI=1S/C11H17NO2S/c1-7(2)9-6-15-11(12-9)8(3)5-10(13)14-4/h6-8H,5H2,1-4H3. The highest BCUT2D eigenvalue weighted by atomic mass is 32.1. The zero-order chi connectivity index (χ0) is 11.4. The van der Waals surface area contributed by atoms with Crippen LogP contribution in [0.25, 0.3) is 0 Å². The Morgan fingerprint density at radius 3 is 2.67 bits per heavy atom. The van der Waals surface area contributed by atoms with Crippen molar-refractivity contribution in [2.75, 3.05) is 7.11 Å². The maximum Gasteiger partial charge on any atom is 0.306 e. The van der Waals surface area contributed by atoms with E-state index in [2.05, 4.69) is 28.9 Å². The molecule has 1 aromatic heterocycles. The number of hydrogen-bond acceptors (Lipinski definition) is 4. The lowest BCUT2D eigenvalue weighted by molar-refractivity contribution is -0.140. The second-order valence-electron chi connectivity index (χ2n) is 3.95. The number of nitrogens with zero attached hydrogens (tertiary/aromatic N) is 1. The molecule has 84 valence electrons. The maximum atomic E-state index is 11.1. The first-order chi connectivity index (χ1) is 7.04. The molecule has 0 saturated heterocycles.